The summed E-state index contributed by atoms with van der Waals surface area (Å²) in [4.78, 5) is 11.7. The minimum atomic E-state index is -0.0654. The van der Waals surface area contributed by atoms with Gasteiger partial charge in [0.1, 0.15) is 0 Å². The monoisotopic (exact) mass is 208 g/mol. The second kappa shape index (κ2) is 3.03. The van der Waals surface area contributed by atoms with E-state index in [1.165, 1.54) is 4.57 Å². The summed E-state index contributed by atoms with van der Waals surface area (Å²) in [6, 6.07) is 5.15. The lowest BCUT2D eigenvalue weighted by Gasteiger charge is -2.03. The van der Waals surface area contributed by atoms with Gasteiger partial charge in [-0.2, -0.15) is 0 Å². The standard InChI is InChI=1S/C10H9ClN2O/c1-13-3-2-6-4-9(12)8(11)5-7(6)10(13)14/h2-5H,12H2,1H3. The Morgan fingerprint density at radius 2 is 2.14 bits per heavy atom. The van der Waals surface area contributed by atoms with Crippen molar-refractivity contribution >= 4 is 28.1 Å². The van der Waals surface area contributed by atoms with Crippen molar-refractivity contribution < 1.29 is 0 Å². The molecule has 1 aromatic carbocycles. The fourth-order valence-electron chi connectivity index (χ4n) is 1.38. The molecule has 14 heavy (non-hydrogen) atoms. The summed E-state index contributed by atoms with van der Waals surface area (Å²) in [7, 11) is 1.70. The Labute approximate surface area is 85.7 Å². The molecule has 0 aliphatic rings. The zero-order valence-corrected chi connectivity index (χ0v) is 8.38. The highest BCUT2D eigenvalue weighted by molar-refractivity contribution is 6.33. The van der Waals surface area contributed by atoms with Gasteiger partial charge in [0.05, 0.1) is 10.7 Å². The van der Waals surface area contributed by atoms with E-state index in [0.29, 0.717) is 16.1 Å². The molecule has 0 saturated heterocycles. The van der Waals surface area contributed by atoms with Gasteiger partial charge in [-0.05, 0) is 23.6 Å². The molecule has 0 atom stereocenters. The number of anilines is 1. The van der Waals surface area contributed by atoms with Crippen LogP contribution in [-0.4, -0.2) is 4.57 Å². The SMILES string of the molecule is Cn1ccc2cc(N)c(Cl)cc2c1=O. The van der Waals surface area contributed by atoms with Crippen LogP contribution in [-0.2, 0) is 7.05 Å². The van der Waals surface area contributed by atoms with Crippen LogP contribution in [0, 0.1) is 0 Å². The molecule has 3 nitrogen and oxygen atoms in total. The molecule has 0 saturated carbocycles. The van der Waals surface area contributed by atoms with Crippen LogP contribution < -0.4 is 11.3 Å². The van der Waals surface area contributed by atoms with Crippen LogP contribution in [0.15, 0.2) is 29.2 Å². The minimum Gasteiger partial charge on any atom is -0.398 e. The van der Waals surface area contributed by atoms with E-state index in [4.69, 9.17) is 17.3 Å². The maximum absolute atomic E-state index is 11.7. The molecular weight excluding hydrogens is 200 g/mol. The normalized spacial score (nSPS) is 10.7. The largest absolute Gasteiger partial charge is 0.398 e. The van der Waals surface area contributed by atoms with Crippen molar-refractivity contribution in [3.63, 3.8) is 0 Å². The Morgan fingerprint density at radius 1 is 1.43 bits per heavy atom. The summed E-state index contributed by atoms with van der Waals surface area (Å²) in [5.74, 6) is 0. The minimum absolute atomic E-state index is 0.0654. The van der Waals surface area contributed by atoms with Crippen LogP contribution in [0.1, 0.15) is 0 Å². The average Bonchev–Trinajstić information content (AvgIpc) is 2.15. The Kier molecular flexibility index (Phi) is 1.97. The molecule has 2 rings (SSSR count). The Morgan fingerprint density at radius 3 is 2.86 bits per heavy atom. The second-order valence-electron chi connectivity index (χ2n) is 3.19. The highest BCUT2D eigenvalue weighted by Gasteiger charge is 2.03. The number of hydrogen-bond acceptors (Lipinski definition) is 2. The molecule has 0 unspecified atom stereocenters. The van der Waals surface area contributed by atoms with E-state index >= 15 is 0 Å². The smallest absolute Gasteiger partial charge is 0.258 e. The topological polar surface area (TPSA) is 48.0 Å². The number of nitrogens with two attached hydrogens (primary N) is 1. The third-order valence-corrected chi connectivity index (χ3v) is 2.52. The van der Waals surface area contributed by atoms with Crippen molar-refractivity contribution in [1.82, 2.24) is 4.57 Å². The van der Waals surface area contributed by atoms with E-state index < -0.39 is 0 Å². The van der Waals surface area contributed by atoms with Gasteiger partial charge in [0.2, 0.25) is 0 Å². The summed E-state index contributed by atoms with van der Waals surface area (Å²) in [6.45, 7) is 0. The van der Waals surface area contributed by atoms with Crippen LogP contribution in [0.4, 0.5) is 5.69 Å². The molecule has 2 N–H and O–H groups in total. The van der Waals surface area contributed by atoms with Crippen LogP contribution in [0.2, 0.25) is 5.02 Å². The van der Waals surface area contributed by atoms with Crippen molar-refractivity contribution in [2.75, 3.05) is 5.73 Å². The lowest BCUT2D eigenvalue weighted by Crippen LogP contribution is -2.15. The van der Waals surface area contributed by atoms with Gasteiger partial charge in [-0.1, -0.05) is 11.6 Å². The summed E-state index contributed by atoms with van der Waals surface area (Å²) >= 11 is 5.84. The van der Waals surface area contributed by atoms with E-state index in [2.05, 4.69) is 0 Å². The van der Waals surface area contributed by atoms with Crippen molar-refractivity contribution in [2.24, 2.45) is 7.05 Å². The van der Waals surface area contributed by atoms with Gasteiger partial charge in [-0.3, -0.25) is 4.79 Å². The molecule has 0 aliphatic heterocycles. The molecule has 72 valence electrons. The van der Waals surface area contributed by atoms with Gasteiger partial charge in [0.25, 0.3) is 5.56 Å². The summed E-state index contributed by atoms with van der Waals surface area (Å²) in [5, 5.41) is 1.82. The molecule has 2 aromatic rings. The quantitative estimate of drug-likeness (QED) is 0.671. The number of aryl methyl sites for hydroxylation is 1. The number of halogens is 1. The van der Waals surface area contributed by atoms with Crippen LogP contribution >= 0.6 is 11.6 Å². The highest BCUT2D eigenvalue weighted by atomic mass is 35.5. The molecule has 0 fully saturated rings. The van der Waals surface area contributed by atoms with Crippen molar-refractivity contribution in [3.8, 4) is 0 Å². The van der Waals surface area contributed by atoms with Crippen molar-refractivity contribution in [1.29, 1.82) is 0 Å². The van der Waals surface area contributed by atoms with E-state index in [-0.39, 0.29) is 5.56 Å². The number of rotatable bonds is 0. The molecule has 0 amide bonds. The number of benzene rings is 1. The second-order valence-corrected chi connectivity index (χ2v) is 3.60. The summed E-state index contributed by atoms with van der Waals surface area (Å²) in [5.41, 5.74) is 6.06. The lowest BCUT2D eigenvalue weighted by atomic mass is 10.1. The van der Waals surface area contributed by atoms with Gasteiger partial charge < -0.3 is 10.3 Å². The van der Waals surface area contributed by atoms with Gasteiger partial charge in [0.15, 0.2) is 0 Å². The van der Waals surface area contributed by atoms with Gasteiger partial charge in [-0.15, -0.1) is 0 Å². The van der Waals surface area contributed by atoms with Crippen LogP contribution in [0.3, 0.4) is 0 Å². The number of aromatic nitrogens is 1. The molecule has 1 aromatic heterocycles. The number of nitrogen functional groups attached to an aromatic ring is 1. The predicted octanol–water partition coefficient (Wildman–Crippen LogP) is 1.77. The predicted molar refractivity (Wildman–Crippen MR) is 58.6 cm³/mol. The molecule has 4 heteroatoms. The first-order valence-corrected chi connectivity index (χ1v) is 4.52. The third-order valence-electron chi connectivity index (χ3n) is 2.20. The number of pyridine rings is 1. The molecule has 0 radical (unpaired) electrons. The Balaban J connectivity index is 2.97. The van der Waals surface area contributed by atoms with Crippen molar-refractivity contribution in [2.45, 2.75) is 0 Å². The maximum atomic E-state index is 11.7. The van der Waals surface area contributed by atoms with E-state index in [1.54, 1.807) is 25.4 Å². The number of hydrogen-bond donors (Lipinski definition) is 1. The molecule has 0 bridgehead atoms. The summed E-state index contributed by atoms with van der Waals surface area (Å²) < 4.78 is 1.51. The highest BCUT2D eigenvalue weighted by Crippen LogP contribution is 2.23. The summed E-state index contributed by atoms with van der Waals surface area (Å²) in [6.07, 6.45) is 1.71. The first-order valence-electron chi connectivity index (χ1n) is 4.14. The molecule has 1 heterocycles. The number of nitrogens with zero attached hydrogens (tertiary/aromatic N) is 1. The third kappa shape index (κ3) is 1.26. The zero-order chi connectivity index (χ0) is 10.3. The maximum Gasteiger partial charge on any atom is 0.258 e. The van der Waals surface area contributed by atoms with Gasteiger partial charge in [0, 0.05) is 18.6 Å². The Hall–Kier alpha value is -1.48. The fourth-order valence-corrected chi connectivity index (χ4v) is 1.54. The zero-order valence-electron chi connectivity index (χ0n) is 7.62. The fraction of sp³-hybridized carbons (Fsp3) is 0.100. The van der Waals surface area contributed by atoms with Crippen molar-refractivity contribution in [3.05, 3.63) is 39.8 Å². The van der Waals surface area contributed by atoms with E-state index in [9.17, 15) is 4.79 Å². The lowest BCUT2D eigenvalue weighted by molar-refractivity contribution is 0.873. The van der Waals surface area contributed by atoms with Crippen LogP contribution in [0.5, 0.6) is 0 Å². The average molecular weight is 209 g/mol. The Bertz CT molecular complexity index is 560. The molecular formula is C10H9ClN2O. The van der Waals surface area contributed by atoms with E-state index in [1.807, 2.05) is 6.07 Å². The van der Waals surface area contributed by atoms with Crippen LogP contribution in [0.25, 0.3) is 10.8 Å². The molecule has 0 aliphatic carbocycles. The number of fused-ring (bicyclic) bond motifs is 1. The first-order chi connectivity index (χ1) is 6.59. The first kappa shape index (κ1) is 9.09. The van der Waals surface area contributed by atoms with Gasteiger partial charge >= 0.3 is 0 Å². The molecule has 0 spiro atoms. The van der Waals surface area contributed by atoms with E-state index in [0.717, 1.165) is 5.39 Å². The van der Waals surface area contributed by atoms with Gasteiger partial charge in [-0.25, -0.2) is 0 Å².